The molecule has 1 saturated carbocycles. The highest BCUT2D eigenvalue weighted by Gasteiger charge is 2.38. The summed E-state index contributed by atoms with van der Waals surface area (Å²) in [4.78, 5) is 12.8. The molecule has 0 atom stereocenters. The minimum atomic E-state index is -0.152. The van der Waals surface area contributed by atoms with Crippen molar-refractivity contribution in [3.8, 4) is 5.75 Å². The van der Waals surface area contributed by atoms with Gasteiger partial charge < -0.3 is 15.4 Å². The number of methoxy groups -OCH3 is 1. The van der Waals surface area contributed by atoms with Gasteiger partial charge in [-0.3, -0.25) is 4.79 Å². The molecule has 1 aromatic carbocycles. The van der Waals surface area contributed by atoms with Crippen molar-refractivity contribution in [2.24, 2.45) is 0 Å². The summed E-state index contributed by atoms with van der Waals surface area (Å²) in [5, 5.41) is 14.8. The summed E-state index contributed by atoms with van der Waals surface area (Å²) < 4.78 is 7.45. The molecule has 0 bridgehead atoms. The Morgan fingerprint density at radius 1 is 1.29 bits per heavy atom. The number of amides is 1. The highest BCUT2D eigenvalue weighted by molar-refractivity contribution is 5.91. The highest BCUT2D eigenvalue weighted by atomic mass is 16.5. The summed E-state index contributed by atoms with van der Waals surface area (Å²) in [5.74, 6) is 0.747. The molecule has 1 amide bonds. The van der Waals surface area contributed by atoms with E-state index in [2.05, 4.69) is 27.0 Å². The monoisotopic (exact) mass is 383 g/mol. The van der Waals surface area contributed by atoms with E-state index in [9.17, 15) is 4.79 Å². The maximum atomic E-state index is 12.8. The first-order valence-corrected chi connectivity index (χ1v) is 10.3. The number of hydrogen-bond donors (Lipinski definition) is 2. The molecule has 2 aromatic rings. The fourth-order valence-corrected chi connectivity index (χ4v) is 4.65. The molecular weight excluding hydrogens is 354 g/mol. The number of ether oxygens (including phenoxy) is 1. The second-order valence-corrected chi connectivity index (χ2v) is 7.94. The third-order valence-corrected chi connectivity index (χ3v) is 6.25. The first-order chi connectivity index (χ1) is 13.7. The summed E-state index contributed by atoms with van der Waals surface area (Å²) in [5.41, 5.74) is 1.51. The largest absolute Gasteiger partial charge is 0.496 e. The topological polar surface area (TPSA) is 81.1 Å². The number of carbonyl (C=O) groups is 1. The highest BCUT2D eigenvalue weighted by Crippen LogP contribution is 2.44. The molecule has 1 aliphatic heterocycles. The lowest BCUT2D eigenvalue weighted by atomic mass is 9.78. The number of aromatic nitrogens is 3. The molecule has 7 heteroatoms. The molecule has 2 N–H and O–H groups in total. The van der Waals surface area contributed by atoms with E-state index in [0.717, 1.165) is 44.5 Å². The SMILES string of the molecule is COc1ccccc1C1(CNC(=O)c2cn(C3CCNCC3)nn2)CCCC1. The number of piperidine rings is 1. The van der Waals surface area contributed by atoms with E-state index in [1.165, 1.54) is 18.4 Å². The van der Waals surface area contributed by atoms with E-state index in [4.69, 9.17) is 4.74 Å². The van der Waals surface area contributed by atoms with E-state index >= 15 is 0 Å². The summed E-state index contributed by atoms with van der Waals surface area (Å²) in [6.07, 6.45) is 8.25. The van der Waals surface area contributed by atoms with Gasteiger partial charge in [0, 0.05) is 17.5 Å². The molecule has 150 valence electrons. The summed E-state index contributed by atoms with van der Waals surface area (Å²) in [7, 11) is 1.71. The van der Waals surface area contributed by atoms with Crippen LogP contribution in [0.25, 0.3) is 0 Å². The molecule has 0 radical (unpaired) electrons. The van der Waals surface area contributed by atoms with Crippen LogP contribution in [0.3, 0.4) is 0 Å². The van der Waals surface area contributed by atoms with Gasteiger partial charge in [-0.15, -0.1) is 5.10 Å². The van der Waals surface area contributed by atoms with E-state index in [0.29, 0.717) is 18.3 Å². The summed E-state index contributed by atoms with van der Waals surface area (Å²) in [6, 6.07) is 8.49. The van der Waals surface area contributed by atoms with E-state index in [-0.39, 0.29) is 11.3 Å². The minimum absolute atomic E-state index is 0.0761. The van der Waals surface area contributed by atoms with Crippen LogP contribution < -0.4 is 15.4 Å². The van der Waals surface area contributed by atoms with Crippen molar-refractivity contribution < 1.29 is 9.53 Å². The average Bonchev–Trinajstić information content (AvgIpc) is 3.43. The molecule has 0 unspecified atom stereocenters. The Morgan fingerprint density at radius 2 is 2.04 bits per heavy atom. The van der Waals surface area contributed by atoms with Crippen LogP contribution in [0, 0.1) is 0 Å². The van der Waals surface area contributed by atoms with Gasteiger partial charge in [0.05, 0.1) is 19.3 Å². The Labute approximate surface area is 165 Å². The van der Waals surface area contributed by atoms with Crippen molar-refractivity contribution in [3.63, 3.8) is 0 Å². The molecule has 7 nitrogen and oxygen atoms in total. The molecule has 2 fully saturated rings. The number of benzene rings is 1. The second-order valence-electron chi connectivity index (χ2n) is 7.94. The minimum Gasteiger partial charge on any atom is -0.496 e. The van der Waals surface area contributed by atoms with Crippen LogP contribution in [0.1, 0.15) is 60.6 Å². The predicted octanol–water partition coefficient (Wildman–Crippen LogP) is 2.45. The Hall–Kier alpha value is -2.41. The average molecular weight is 383 g/mol. The zero-order valence-electron chi connectivity index (χ0n) is 16.5. The predicted molar refractivity (Wildman–Crippen MR) is 107 cm³/mol. The van der Waals surface area contributed by atoms with Gasteiger partial charge in [0.15, 0.2) is 5.69 Å². The Balaban J connectivity index is 1.46. The third-order valence-electron chi connectivity index (χ3n) is 6.25. The van der Waals surface area contributed by atoms with Crippen LogP contribution in [0.2, 0.25) is 0 Å². The van der Waals surface area contributed by atoms with Crippen molar-refractivity contribution >= 4 is 5.91 Å². The Kier molecular flexibility index (Phi) is 5.62. The molecule has 1 aromatic heterocycles. The molecule has 0 spiro atoms. The fraction of sp³-hybridized carbons (Fsp3) is 0.571. The number of nitrogens with one attached hydrogen (secondary N) is 2. The lowest BCUT2D eigenvalue weighted by Crippen LogP contribution is -2.39. The quantitative estimate of drug-likeness (QED) is 0.801. The maximum absolute atomic E-state index is 12.8. The number of nitrogens with zero attached hydrogens (tertiary/aromatic N) is 3. The zero-order chi connectivity index (χ0) is 19.4. The maximum Gasteiger partial charge on any atom is 0.273 e. The summed E-state index contributed by atoms with van der Waals surface area (Å²) >= 11 is 0. The number of para-hydroxylation sites is 1. The lowest BCUT2D eigenvalue weighted by Gasteiger charge is -2.31. The molecule has 1 aliphatic carbocycles. The van der Waals surface area contributed by atoms with Gasteiger partial charge in [0.2, 0.25) is 0 Å². The van der Waals surface area contributed by atoms with Gasteiger partial charge in [-0.25, -0.2) is 4.68 Å². The number of rotatable bonds is 6. The summed E-state index contributed by atoms with van der Waals surface area (Å²) in [6.45, 7) is 2.55. The first-order valence-electron chi connectivity index (χ1n) is 10.3. The van der Waals surface area contributed by atoms with Crippen molar-refractivity contribution in [1.29, 1.82) is 0 Å². The van der Waals surface area contributed by atoms with Crippen LogP contribution >= 0.6 is 0 Å². The van der Waals surface area contributed by atoms with E-state index in [1.54, 1.807) is 13.3 Å². The van der Waals surface area contributed by atoms with E-state index in [1.807, 2.05) is 22.9 Å². The molecule has 4 rings (SSSR count). The zero-order valence-corrected chi connectivity index (χ0v) is 16.5. The normalized spacial score (nSPS) is 19.5. The molecule has 2 heterocycles. The van der Waals surface area contributed by atoms with Gasteiger partial charge in [0.1, 0.15) is 5.75 Å². The van der Waals surface area contributed by atoms with Crippen molar-refractivity contribution in [2.75, 3.05) is 26.7 Å². The van der Waals surface area contributed by atoms with Crippen LogP contribution in [0.5, 0.6) is 5.75 Å². The van der Waals surface area contributed by atoms with Gasteiger partial charge in [0.25, 0.3) is 5.91 Å². The van der Waals surface area contributed by atoms with Crippen LogP contribution in [0.15, 0.2) is 30.5 Å². The lowest BCUT2D eigenvalue weighted by molar-refractivity contribution is 0.0937. The number of carbonyl (C=O) groups excluding carboxylic acids is 1. The van der Waals surface area contributed by atoms with E-state index < -0.39 is 0 Å². The molecular formula is C21H29N5O2. The number of hydrogen-bond acceptors (Lipinski definition) is 5. The van der Waals surface area contributed by atoms with Crippen molar-refractivity contribution in [2.45, 2.75) is 50.0 Å². The molecule has 2 aliphatic rings. The third kappa shape index (κ3) is 3.76. The Bertz CT molecular complexity index is 807. The van der Waals surface area contributed by atoms with Gasteiger partial charge in [-0.1, -0.05) is 36.3 Å². The van der Waals surface area contributed by atoms with Crippen molar-refractivity contribution in [3.05, 3.63) is 41.7 Å². The van der Waals surface area contributed by atoms with Crippen LogP contribution in [-0.4, -0.2) is 47.6 Å². The smallest absolute Gasteiger partial charge is 0.273 e. The molecule has 28 heavy (non-hydrogen) atoms. The van der Waals surface area contributed by atoms with Crippen LogP contribution in [-0.2, 0) is 5.41 Å². The van der Waals surface area contributed by atoms with Gasteiger partial charge in [-0.05, 0) is 44.8 Å². The Morgan fingerprint density at radius 3 is 2.79 bits per heavy atom. The first kappa shape index (κ1) is 18.9. The molecule has 1 saturated heterocycles. The second kappa shape index (κ2) is 8.31. The van der Waals surface area contributed by atoms with Gasteiger partial charge in [-0.2, -0.15) is 0 Å². The van der Waals surface area contributed by atoms with Crippen molar-refractivity contribution in [1.82, 2.24) is 25.6 Å². The van der Waals surface area contributed by atoms with Crippen LogP contribution in [0.4, 0.5) is 0 Å². The standard InChI is InChI=1S/C21H29N5O2/c1-28-19-7-3-2-6-17(19)21(10-4-5-11-21)15-23-20(27)18-14-26(25-24-18)16-8-12-22-13-9-16/h2-3,6-7,14,16,22H,4-5,8-13,15H2,1H3,(H,23,27). The fourth-order valence-electron chi connectivity index (χ4n) is 4.65. The van der Waals surface area contributed by atoms with Gasteiger partial charge >= 0.3 is 0 Å².